The molecule has 0 radical (unpaired) electrons. The molecule has 182 valence electrons. The fourth-order valence-electron chi connectivity index (χ4n) is 3.54. The van der Waals surface area contributed by atoms with Crippen LogP contribution < -0.4 is 14.2 Å². The highest BCUT2D eigenvalue weighted by molar-refractivity contribution is 7.93. The number of nitrogens with one attached hydrogen (secondary N) is 1. The van der Waals surface area contributed by atoms with Crippen molar-refractivity contribution in [1.29, 1.82) is 0 Å². The molecule has 11 nitrogen and oxygen atoms in total. The van der Waals surface area contributed by atoms with Gasteiger partial charge in [0.1, 0.15) is 29.1 Å². The zero-order valence-electron chi connectivity index (χ0n) is 19.1. The van der Waals surface area contributed by atoms with E-state index in [9.17, 15) is 8.42 Å². The zero-order valence-corrected chi connectivity index (χ0v) is 20.7. The molecule has 3 atom stereocenters. The summed E-state index contributed by atoms with van der Waals surface area (Å²) in [4.78, 5) is 8.32. The van der Waals surface area contributed by atoms with Gasteiger partial charge in [-0.15, -0.1) is 10.2 Å². The summed E-state index contributed by atoms with van der Waals surface area (Å²) < 4.78 is 47.6. The molecule has 4 rings (SSSR count). The fourth-order valence-corrected chi connectivity index (χ4v) is 4.87. The Bertz CT molecular complexity index is 1240. The van der Waals surface area contributed by atoms with Gasteiger partial charge in [-0.1, -0.05) is 24.6 Å². The topological polar surface area (TPSA) is 130 Å². The molecule has 0 spiro atoms. The first-order valence-corrected chi connectivity index (χ1v) is 12.5. The number of hydrogen-bond acceptors (Lipinski definition) is 9. The van der Waals surface area contributed by atoms with Crippen LogP contribution in [0.2, 0.25) is 5.02 Å². The summed E-state index contributed by atoms with van der Waals surface area (Å²) in [6.07, 6.45) is 3.26. The van der Waals surface area contributed by atoms with Gasteiger partial charge in [0.25, 0.3) is 0 Å². The lowest BCUT2D eigenvalue weighted by molar-refractivity contribution is -0.0589. The zero-order chi connectivity index (χ0) is 24.5. The number of ether oxygens (including phenoxy) is 3. The van der Waals surface area contributed by atoms with Gasteiger partial charge < -0.3 is 14.2 Å². The monoisotopic (exact) mass is 508 g/mol. The predicted molar refractivity (Wildman–Crippen MR) is 125 cm³/mol. The second-order valence-corrected chi connectivity index (χ2v) is 10.3. The van der Waals surface area contributed by atoms with E-state index in [2.05, 4.69) is 24.9 Å². The number of rotatable bonds is 9. The molecule has 3 aromatic rings. The molecular weight excluding hydrogens is 484 g/mol. The van der Waals surface area contributed by atoms with Gasteiger partial charge in [-0.25, -0.2) is 18.4 Å². The van der Waals surface area contributed by atoms with Crippen molar-refractivity contribution in [3.63, 3.8) is 0 Å². The summed E-state index contributed by atoms with van der Waals surface area (Å²) in [5, 5.41) is 7.84. The number of aromatic nitrogens is 5. The molecule has 0 aliphatic carbocycles. The van der Waals surface area contributed by atoms with E-state index in [1.807, 2.05) is 0 Å². The molecule has 0 bridgehead atoms. The van der Waals surface area contributed by atoms with Crippen LogP contribution in [0.5, 0.6) is 11.5 Å². The summed E-state index contributed by atoms with van der Waals surface area (Å²) in [6.45, 7) is 3.89. The summed E-state index contributed by atoms with van der Waals surface area (Å²) >= 11 is 5.86. The van der Waals surface area contributed by atoms with Crippen molar-refractivity contribution in [1.82, 2.24) is 24.7 Å². The predicted octanol–water partition coefficient (Wildman–Crippen LogP) is 3.12. The maximum Gasteiger partial charge on any atom is 0.243 e. The van der Waals surface area contributed by atoms with Gasteiger partial charge in [-0.2, -0.15) is 0 Å². The molecule has 1 N–H and O–H groups in total. The van der Waals surface area contributed by atoms with Crippen LogP contribution in [0.1, 0.15) is 43.9 Å². The van der Waals surface area contributed by atoms with E-state index in [0.717, 1.165) is 6.42 Å². The van der Waals surface area contributed by atoms with Gasteiger partial charge in [-0.05, 0) is 19.1 Å². The van der Waals surface area contributed by atoms with Gasteiger partial charge in [0.05, 0.1) is 31.1 Å². The Kier molecular flexibility index (Phi) is 6.91. The number of para-hydroxylation sites is 1. The van der Waals surface area contributed by atoms with Crippen LogP contribution in [-0.4, -0.2) is 59.2 Å². The highest BCUT2D eigenvalue weighted by Crippen LogP contribution is 2.39. The maximum absolute atomic E-state index is 13.4. The highest BCUT2D eigenvalue weighted by atomic mass is 35.5. The Hall–Kier alpha value is -2.96. The largest absolute Gasteiger partial charge is 0.494 e. The van der Waals surface area contributed by atoms with Crippen molar-refractivity contribution in [2.75, 3.05) is 25.5 Å². The van der Waals surface area contributed by atoms with E-state index in [-0.39, 0.29) is 12.1 Å². The van der Waals surface area contributed by atoms with E-state index >= 15 is 0 Å². The maximum atomic E-state index is 13.4. The van der Waals surface area contributed by atoms with Crippen LogP contribution in [0.3, 0.4) is 0 Å². The summed E-state index contributed by atoms with van der Waals surface area (Å²) in [7, 11) is -0.919. The first kappa shape index (κ1) is 24.2. The second-order valence-electron chi connectivity index (χ2n) is 7.78. The Morgan fingerprint density at radius 3 is 2.29 bits per heavy atom. The first-order valence-electron chi connectivity index (χ1n) is 10.5. The third kappa shape index (κ3) is 4.52. The lowest BCUT2D eigenvalue weighted by atomic mass is 10.1. The molecule has 1 aromatic carbocycles. The van der Waals surface area contributed by atoms with Crippen LogP contribution in [0, 0.1) is 0 Å². The first-order chi connectivity index (χ1) is 16.3. The van der Waals surface area contributed by atoms with Crippen molar-refractivity contribution in [2.45, 2.75) is 37.5 Å². The van der Waals surface area contributed by atoms with Crippen LogP contribution >= 0.6 is 11.6 Å². The van der Waals surface area contributed by atoms with Gasteiger partial charge in [0, 0.05) is 24.7 Å². The SMILES string of the molecule is COc1cccc(OC)c1-n1c(NS(=O)(=O)[C@@H](C)[C@H](C)c2ncc(Cl)cn2)nnc1[C@H]1CCO1. The van der Waals surface area contributed by atoms with E-state index in [1.54, 1.807) is 36.6 Å². The Morgan fingerprint density at radius 2 is 1.76 bits per heavy atom. The molecule has 2 aromatic heterocycles. The van der Waals surface area contributed by atoms with Gasteiger partial charge in [0.2, 0.25) is 16.0 Å². The third-order valence-electron chi connectivity index (χ3n) is 5.78. The van der Waals surface area contributed by atoms with Crippen molar-refractivity contribution in [3.8, 4) is 17.2 Å². The van der Waals surface area contributed by atoms with E-state index in [4.69, 9.17) is 25.8 Å². The average Bonchev–Trinajstić information content (AvgIpc) is 3.18. The molecule has 0 unspecified atom stereocenters. The molecule has 0 amide bonds. The number of nitrogens with zero attached hydrogens (tertiary/aromatic N) is 5. The molecule has 1 aliphatic heterocycles. The van der Waals surface area contributed by atoms with Gasteiger partial charge >= 0.3 is 0 Å². The molecule has 0 saturated carbocycles. The van der Waals surface area contributed by atoms with Crippen molar-refractivity contribution < 1.29 is 22.6 Å². The number of benzene rings is 1. The van der Waals surface area contributed by atoms with Crippen LogP contribution in [0.15, 0.2) is 30.6 Å². The lowest BCUT2D eigenvalue weighted by Crippen LogP contribution is -2.32. The van der Waals surface area contributed by atoms with Gasteiger partial charge in [-0.3, -0.25) is 9.29 Å². The summed E-state index contributed by atoms with van der Waals surface area (Å²) in [5.41, 5.74) is 0.461. The standard InChI is InChI=1S/C21H25ClN6O5S/c1-12(19-23-10-14(22)11-24-19)13(2)34(29,30)27-21-26-25-20(17-8-9-33-17)28(21)18-15(31-3)6-5-7-16(18)32-4/h5-7,10-13,17H,8-9H2,1-4H3,(H,26,27)/t12-,13-,17+/m0/s1. The van der Waals surface area contributed by atoms with Crippen LogP contribution in [0.25, 0.3) is 5.69 Å². The van der Waals surface area contributed by atoms with Crippen molar-refractivity contribution in [2.24, 2.45) is 0 Å². The minimum atomic E-state index is -3.95. The van der Waals surface area contributed by atoms with E-state index < -0.39 is 21.2 Å². The molecule has 1 fully saturated rings. The Morgan fingerprint density at radius 1 is 1.15 bits per heavy atom. The van der Waals surface area contributed by atoms with E-state index in [0.29, 0.717) is 40.5 Å². The third-order valence-corrected chi connectivity index (χ3v) is 7.82. The van der Waals surface area contributed by atoms with Crippen LogP contribution in [0.4, 0.5) is 5.95 Å². The molecule has 3 heterocycles. The number of hydrogen-bond donors (Lipinski definition) is 1. The molecule has 13 heteroatoms. The fraction of sp³-hybridized carbons (Fsp3) is 0.429. The average molecular weight is 509 g/mol. The number of sulfonamides is 1. The Balaban J connectivity index is 1.74. The smallest absolute Gasteiger partial charge is 0.243 e. The number of anilines is 1. The number of methoxy groups -OCH3 is 2. The molecule has 1 aliphatic rings. The number of halogens is 1. The van der Waals surface area contributed by atoms with Gasteiger partial charge in [0.15, 0.2) is 5.82 Å². The second kappa shape index (κ2) is 9.72. The van der Waals surface area contributed by atoms with Crippen LogP contribution in [-0.2, 0) is 14.8 Å². The quantitative estimate of drug-likeness (QED) is 0.463. The lowest BCUT2D eigenvalue weighted by Gasteiger charge is -2.27. The van der Waals surface area contributed by atoms with Crippen molar-refractivity contribution >= 4 is 27.6 Å². The van der Waals surface area contributed by atoms with Crippen molar-refractivity contribution in [3.05, 3.63) is 47.3 Å². The normalized spacial score (nSPS) is 17.5. The van der Waals surface area contributed by atoms with E-state index in [1.165, 1.54) is 26.6 Å². The summed E-state index contributed by atoms with van der Waals surface area (Å²) in [6, 6.07) is 5.25. The minimum absolute atomic E-state index is 0.00984. The highest BCUT2D eigenvalue weighted by Gasteiger charge is 2.35. The minimum Gasteiger partial charge on any atom is -0.494 e. The molecular formula is C21H25ClN6O5S. The Labute approximate surface area is 202 Å². The summed E-state index contributed by atoms with van der Waals surface area (Å²) in [5.74, 6) is 1.17. The molecule has 1 saturated heterocycles. The molecule has 34 heavy (non-hydrogen) atoms.